The van der Waals surface area contributed by atoms with Crippen molar-refractivity contribution in [2.24, 2.45) is 0 Å². The quantitative estimate of drug-likeness (QED) is 0.875. The molecule has 1 heterocycles. The topological polar surface area (TPSA) is 58.6 Å². The summed E-state index contributed by atoms with van der Waals surface area (Å²) in [6.45, 7) is 6.64. The number of ether oxygens (including phenoxy) is 1. The first kappa shape index (κ1) is 16.7. The number of rotatable bonds is 6. The maximum atomic E-state index is 12.0. The number of carbonyl (C=O) groups is 2. The van der Waals surface area contributed by atoms with Crippen LogP contribution in [0.15, 0.2) is 24.3 Å². The Balaban J connectivity index is 1.92. The second kappa shape index (κ2) is 7.54. The van der Waals surface area contributed by atoms with Gasteiger partial charge in [-0.05, 0) is 38.5 Å². The van der Waals surface area contributed by atoms with E-state index in [-0.39, 0.29) is 29.8 Å². The summed E-state index contributed by atoms with van der Waals surface area (Å²) in [4.78, 5) is 25.1. The van der Waals surface area contributed by atoms with Crippen LogP contribution in [-0.2, 0) is 4.79 Å². The van der Waals surface area contributed by atoms with Crippen molar-refractivity contribution in [1.82, 2.24) is 10.2 Å². The normalized spacial score (nSPS) is 16.0. The van der Waals surface area contributed by atoms with Gasteiger partial charge in [-0.3, -0.25) is 9.59 Å². The Morgan fingerprint density at radius 3 is 2.82 bits per heavy atom. The van der Waals surface area contributed by atoms with Crippen LogP contribution in [0.5, 0.6) is 5.75 Å². The van der Waals surface area contributed by atoms with Gasteiger partial charge in [-0.1, -0.05) is 23.9 Å². The van der Waals surface area contributed by atoms with E-state index in [0.29, 0.717) is 6.54 Å². The van der Waals surface area contributed by atoms with Crippen LogP contribution < -0.4 is 10.1 Å². The van der Waals surface area contributed by atoms with Gasteiger partial charge in [-0.25, -0.2) is 0 Å². The molecule has 0 radical (unpaired) electrons. The van der Waals surface area contributed by atoms with E-state index < -0.39 is 0 Å². The molecule has 0 aliphatic carbocycles. The first-order valence-corrected chi connectivity index (χ1v) is 8.42. The first-order valence-electron chi connectivity index (χ1n) is 7.43. The average molecular weight is 322 g/mol. The van der Waals surface area contributed by atoms with Gasteiger partial charge in [0.25, 0.3) is 5.24 Å². The summed E-state index contributed by atoms with van der Waals surface area (Å²) in [5.74, 6) is 1.41. The third-order valence-corrected chi connectivity index (χ3v) is 4.18. The lowest BCUT2D eigenvalue weighted by Crippen LogP contribution is -2.38. The Labute approximate surface area is 135 Å². The zero-order valence-corrected chi connectivity index (χ0v) is 14.0. The van der Waals surface area contributed by atoms with Crippen LogP contribution in [0.1, 0.15) is 32.4 Å². The Morgan fingerprint density at radius 1 is 1.41 bits per heavy atom. The number of hydrogen-bond donors (Lipinski definition) is 1. The molecule has 1 unspecified atom stereocenters. The zero-order valence-electron chi connectivity index (χ0n) is 13.2. The number of hydrogen-bond acceptors (Lipinski definition) is 4. The maximum Gasteiger partial charge on any atom is 0.282 e. The van der Waals surface area contributed by atoms with E-state index in [1.54, 1.807) is 4.90 Å². The lowest BCUT2D eigenvalue weighted by Gasteiger charge is -2.19. The van der Waals surface area contributed by atoms with Crippen molar-refractivity contribution in [3.05, 3.63) is 29.8 Å². The number of amides is 2. The number of nitrogens with zero attached hydrogens (tertiary/aromatic N) is 1. The zero-order chi connectivity index (χ0) is 16.1. The molecule has 120 valence electrons. The van der Waals surface area contributed by atoms with Gasteiger partial charge in [0, 0.05) is 12.3 Å². The highest BCUT2D eigenvalue weighted by Crippen LogP contribution is 2.20. The van der Waals surface area contributed by atoms with Crippen LogP contribution >= 0.6 is 11.8 Å². The summed E-state index contributed by atoms with van der Waals surface area (Å²) >= 11 is 1.26. The van der Waals surface area contributed by atoms with Crippen molar-refractivity contribution < 1.29 is 14.3 Å². The highest BCUT2D eigenvalue weighted by atomic mass is 32.2. The molecule has 1 aromatic carbocycles. The van der Waals surface area contributed by atoms with Gasteiger partial charge in [-0.15, -0.1) is 0 Å². The van der Waals surface area contributed by atoms with Crippen LogP contribution in [0.2, 0.25) is 0 Å². The Hall–Kier alpha value is -1.69. The molecule has 1 fully saturated rings. The maximum absolute atomic E-state index is 12.0. The summed E-state index contributed by atoms with van der Waals surface area (Å²) in [6.07, 6.45) is 0.110. The molecule has 0 saturated carbocycles. The van der Waals surface area contributed by atoms with E-state index in [4.69, 9.17) is 4.74 Å². The van der Waals surface area contributed by atoms with Gasteiger partial charge in [-0.2, -0.15) is 0 Å². The SMILES string of the molecule is CC(C)Oc1cccc(C(C)NC(=O)CN2CCSC2=O)c1. The molecule has 1 aliphatic heterocycles. The standard InChI is InChI=1S/C16H22N2O3S/c1-11(2)21-14-6-4-5-13(9-14)12(3)17-15(19)10-18-7-8-22-16(18)20/h4-6,9,11-12H,7-8,10H2,1-3H3,(H,17,19). The van der Waals surface area contributed by atoms with Gasteiger partial charge in [0.1, 0.15) is 12.3 Å². The molecule has 1 N–H and O–H groups in total. The van der Waals surface area contributed by atoms with Gasteiger partial charge in [0.15, 0.2) is 0 Å². The third-order valence-electron chi connectivity index (χ3n) is 3.29. The monoisotopic (exact) mass is 322 g/mol. The lowest BCUT2D eigenvalue weighted by atomic mass is 10.1. The molecule has 2 amide bonds. The number of carbonyl (C=O) groups excluding carboxylic acids is 2. The van der Waals surface area contributed by atoms with E-state index in [9.17, 15) is 9.59 Å². The van der Waals surface area contributed by atoms with Gasteiger partial charge >= 0.3 is 0 Å². The van der Waals surface area contributed by atoms with Crippen molar-refractivity contribution >= 4 is 22.9 Å². The van der Waals surface area contributed by atoms with E-state index in [1.807, 2.05) is 45.0 Å². The molecule has 1 atom stereocenters. The van der Waals surface area contributed by atoms with Crippen LogP contribution in [0.4, 0.5) is 4.79 Å². The molecular weight excluding hydrogens is 300 g/mol. The minimum Gasteiger partial charge on any atom is -0.491 e. The summed E-state index contributed by atoms with van der Waals surface area (Å²) in [5.41, 5.74) is 0.980. The van der Waals surface area contributed by atoms with E-state index in [0.717, 1.165) is 17.1 Å². The Kier molecular flexibility index (Phi) is 5.71. The summed E-state index contributed by atoms with van der Waals surface area (Å²) in [7, 11) is 0. The molecule has 6 heteroatoms. The van der Waals surface area contributed by atoms with Crippen molar-refractivity contribution in [1.29, 1.82) is 0 Å². The minimum absolute atomic E-state index is 0.0184. The number of nitrogens with one attached hydrogen (secondary N) is 1. The first-order chi connectivity index (χ1) is 10.5. The van der Waals surface area contributed by atoms with Crippen molar-refractivity contribution in [3.63, 3.8) is 0 Å². The number of thioether (sulfide) groups is 1. The van der Waals surface area contributed by atoms with E-state index in [2.05, 4.69) is 5.32 Å². The van der Waals surface area contributed by atoms with E-state index in [1.165, 1.54) is 11.8 Å². The predicted molar refractivity (Wildman–Crippen MR) is 88.2 cm³/mol. The number of benzene rings is 1. The molecule has 1 aliphatic rings. The molecule has 1 saturated heterocycles. The van der Waals surface area contributed by atoms with Gasteiger partial charge < -0.3 is 15.0 Å². The molecule has 5 nitrogen and oxygen atoms in total. The highest BCUT2D eigenvalue weighted by molar-refractivity contribution is 8.13. The van der Waals surface area contributed by atoms with Gasteiger partial charge in [0.2, 0.25) is 5.91 Å². The van der Waals surface area contributed by atoms with Crippen molar-refractivity contribution in [3.8, 4) is 5.75 Å². The fraction of sp³-hybridized carbons (Fsp3) is 0.500. The molecule has 0 spiro atoms. The molecule has 0 aromatic heterocycles. The summed E-state index contributed by atoms with van der Waals surface area (Å²) in [5, 5.41) is 2.91. The molecule has 2 rings (SSSR count). The molecular formula is C16H22N2O3S. The summed E-state index contributed by atoms with van der Waals surface area (Å²) < 4.78 is 5.66. The average Bonchev–Trinajstić information content (AvgIpc) is 2.83. The van der Waals surface area contributed by atoms with Crippen molar-refractivity contribution in [2.75, 3.05) is 18.8 Å². The molecule has 22 heavy (non-hydrogen) atoms. The third kappa shape index (κ3) is 4.66. The highest BCUT2D eigenvalue weighted by Gasteiger charge is 2.23. The van der Waals surface area contributed by atoms with Crippen LogP contribution in [0, 0.1) is 0 Å². The fourth-order valence-corrected chi connectivity index (χ4v) is 3.07. The van der Waals surface area contributed by atoms with Crippen molar-refractivity contribution in [2.45, 2.75) is 32.9 Å². The molecule has 0 bridgehead atoms. The second-order valence-electron chi connectivity index (χ2n) is 5.56. The largest absolute Gasteiger partial charge is 0.491 e. The summed E-state index contributed by atoms with van der Waals surface area (Å²) in [6, 6.07) is 7.57. The Morgan fingerprint density at radius 2 is 2.18 bits per heavy atom. The van der Waals surface area contributed by atoms with Crippen LogP contribution in [0.3, 0.4) is 0 Å². The fourth-order valence-electron chi connectivity index (χ4n) is 2.24. The lowest BCUT2D eigenvalue weighted by molar-refractivity contribution is -0.122. The Bertz CT molecular complexity index is 548. The smallest absolute Gasteiger partial charge is 0.282 e. The molecule has 1 aromatic rings. The van der Waals surface area contributed by atoms with E-state index >= 15 is 0 Å². The minimum atomic E-state index is -0.140. The predicted octanol–water partition coefficient (Wildman–Crippen LogP) is 2.82. The van der Waals surface area contributed by atoms with Gasteiger partial charge in [0.05, 0.1) is 12.1 Å². The van der Waals surface area contributed by atoms with Crippen LogP contribution in [0.25, 0.3) is 0 Å². The second-order valence-corrected chi connectivity index (χ2v) is 6.61. The van der Waals surface area contributed by atoms with Crippen LogP contribution in [-0.4, -0.2) is 41.0 Å².